The van der Waals surface area contributed by atoms with Crippen molar-refractivity contribution in [2.24, 2.45) is 0 Å². The van der Waals surface area contributed by atoms with Gasteiger partial charge in [0.1, 0.15) is 0 Å². The highest BCUT2D eigenvalue weighted by Gasteiger charge is 2.51. The molecular formula is C24H21O5Si4. The second-order valence-corrected chi connectivity index (χ2v) is 15.8. The zero-order chi connectivity index (χ0) is 22.5. The van der Waals surface area contributed by atoms with Crippen molar-refractivity contribution in [2.45, 2.75) is 0 Å². The number of hydrogen-bond donors (Lipinski definition) is 1. The zero-order valence-corrected chi connectivity index (χ0v) is 21.6. The highest BCUT2D eigenvalue weighted by Crippen LogP contribution is 2.16. The Hall–Kier alpha value is -2.45. The molecule has 0 saturated carbocycles. The minimum atomic E-state index is -3.86. The quantitative estimate of drug-likeness (QED) is 0.425. The Morgan fingerprint density at radius 2 is 0.788 bits per heavy atom. The van der Waals surface area contributed by atoms with Gasteiger partial charge >= 0.3 is 36.7 Å². The molecular weight excluding hydrogens is 481 g/mol. The van der Waals surface area contributed by atoms with Crippen LogP contribution in [0.15, 0.2) is 121 Å². The van der Waals surface area contributed by atoms with E-state index in [-0.39, 0.29) is 0 Å². The van der Waals surface area contributed by atoms with Crippen LogP contribution < -0.4 is 20.7 Å². The fraction of sp³-hybridized carbons (Fsp3) is 0. The second-order valence-electron chi connectivity index (χ2n) is 7.32. The van der Waals surface area contributed by atoms with E-state index in [1.54, 1.807) is 0 Å². The summed E-state index contributed by atoms with van der Waals surface area (Å²) in [4.78, 5) is 11.9. The van der Waals surface area contributed by atoms with Crippen LogP contribution in [0, 0.1) is 0 Å². The molecule has 9 heteroatoms. The van der Waals surface area contributed by atoms with E-state index in [9.17, 15) is 4.80 Å². The van der Waals surface area contributed by atoms with Crippen LogP contribution in [0.3, 0.4) is 0 Å². The monoisotopic (exact) mass is 501 g/mol. The Bertz CT molecular complexity index is 1100. The standard InChI is InChI=1S/C24H21O5Si4/c25-33(24-19-11-4-12-20-24)28-31(22-15-7-2-8-16-22)26-30(21-13-5-1-6-14-21)27-32(29-33)23-17-9-3-10-18-23/h1-20,25H. The molecule has 5 nitrogen and oxygen atoms in total. The minimum absolute atomic E-state index is 0.629. The van der Waals surface area contributed by atoms with Gasteiger partial charge in [0.05, 0.1) is 0 Å². The normalized spacial score (nSPS) is 17.8. The topological polar surface area (TPSA) is 57.2 Å². The highest BCUT2D eigenvalue weighted by atomic mass is 28.5. The van der Waals surface area contributed by atoms with Crippen molar-refractivity contribution in [3.05, 3.63) is 121 Å². The van der Waals surface area contributed by atoms with Crippen LogP contribution >= 0.6 is 0 Å². The maximum atomic E-state index is 11.9. The van der Waals surface area contributed by atoms with Gasteiger partial charge in [0.15, 0.2) is 0 Å². The summed E-state index contributed by atoms with van der Waals surface area (Å²) in [6.45, 7) is 0. The summed E-state index contributed by atoms with van der Waals surface area (Å²) in [7, 11) is -10.0. The number of rotatable bonds is 4. The van der Waals surface area contributed by atoms with Gasteiger partial charge in [0.25, 0.3) is 0 Å². The van der Waals surface area contributed by atoms with Crippen molar-refractivity contribution in [3.8, 4) is 0 Å². The molecule has 0 unspecified atom stereocenters. The Kier molecular flexibility index (Phi) is 6.92. The molecule has 33 heavy (non-hydrogen) atoms. The molecule has 5 rings (SSSR count). The van der Waals surface area contributed by atoms with Gasteiger partial charge in [-0.15, -0.1) is 0 Å². The molecule has 1 saturated heterocycles. The number of hydrogen-bond acceptors (Lipinski definition) is 5. The van der Waals surface area contributed by atoms with Gasteiger partial charge in [-0.3, -0.25) is 0 Å². The molecule has 3 radical (unpaired) electrons. The summed E-state index contributed by atoms with van der Waals surface area (Å²) in [6.07, 6.45) is 0. The van der Waals surface area contributed by atoms with Gasteiger partial charge < -0.3 is 21.3 Å². The summed E-state index contributed by atoms with van der Waals surface area (Å²) in [5.41, 5.74) is 0. The van der Waals surface area contributed by atoms with E-state index in [1.807, 2.05) is 121 Å². The van der Waals surface area contributed by atoms with Crippen LogP contribution in [0.5, 0.6) is 0 Å². The lowest BCUT2D eigenvalue weighted by Gasteiger charge is -2.36. The smallest absolute Gasteiger partial charge is 0.407 e. The lowest BCUT2D eigenvalue weighted by atomic mass is 10.4. The summed E-state index contributed by atoms with van der Waals surface area (Å²) >= 11 is 0. The van der Waals surface area contributed by atoms with E-state index < -0.39 is 36.7 Å². The fourth-order valence-electron chi connectivity index (χ4n) is 3.35. The largest absolute Gasteiger partial charge is 0.516 e. The molecule has 0 atom stereocenters. The van der Waals surface area contributed by atoms with Crippen molar-refractivity contribution in [1.29, 1.82) is 0 Å². The second kappa shape index (κ2) is 10.2. The first-order chi connectivity index (χ1) is 16.2. The van der Waals surface area contributed by atoms with E-state index in [2.05, 4.69) is 0 Å². The first-order valence-corrected chi connectivity index (χ1v) is 16.2. The van der Waals surface area contributed by atoms with Crippen molar-refractivity contribution in [2.75, 3.05) is 0 Å². The molecule has 1 aliphatic heterocycles. The van der Waals surface area contributed by atoms with E-state index in [1.165, 1.54) is 0 Å². The number of benzene rings is 4. The van der Waals surface area contributed by atoms with Crippen molar-refractivity contribution < 1.29 is 21.3 Å². The molecule has 1 aliphatic rings. The third kappa shape index (κ3) is 5.22. The Balaban J connectivity index is 1.59. The predicted octanol–water partition coefficient (Wildman–Crippen LogP) is 1.09. The third-order valence-corrected chi connectivity index (χ3v) is 15.1. The van der Waals surface area contributed by atoms with Gasteiger partial charge in [0.2, 0.25) is 0 Å². The van der Waals surface area contributed by atoms with E-state index in [0.717, 1.165) is 15.6 Å². The average Bonchev–Trinajstić information content (AvgIpc) is 2.88. The first kappa shape index (κ1) is 22.3. The highest BCUT2D eigenvalue weighted by molar-refractivity contribution is 6.91. The predicted molar refractivity (Wildman–Crippen MR) is 134 cm³/mol. The lowest BCUT2D eigenvalue weighted by Crippen LogP contribution is -2.68. The molecule has 1 heterocycles. The van der Waals surface area contributed by atoms with Crippen molar-refractivity contribution in [1.82, 2.24) is 0 Å². The summed E-state index contributed by atoms with van der Waals surface area (Å²) in [6, 6.07) is 38.8. The van der Waals surface area contributed by atoms with Crippen molar-refractivity contribution >= 4 is 57.4 Å². The zero-order valence-electron chi connectivity index (χ0n) is 17.6. The molecule has 0 amide bonds. The molecule has 0 aliphatic carbocycles. The maximum absolute atomic E-state index is 11.9. The minimum Gasteiger partial charge on any atom is -0.407 e. The van der Waals surface area contributed by atoms with Crippen LogP contribution in [0.4, 0.5) is 0 Å². The Labute approximate surface area is 199 Å². The summed E-state index contributed by atoms with van der Waals surface area (Å²) < 4.78 is 26.2. The van der Waals surface area contributed by atoms with Crippen LogP contribution in [0.2, 0.25) is 0 Å². The van der Waals surface area contributed by atoms with E-state index in [4.69, 9.17) is 16.5 Å². The molecule has 0 aromatic heterocycles. The molecule has 163 valence electrons. The average molecular weight is 502 g/mol. The Morgan fingerprint density at radius 3 is 1.18 bits per heavy atom. The van der Waals surface area contributed by atoms with Crippen LogP contribution in [0.25, 0.3) is 0 Å². The maximum Gasteiger partial charge on any atom is 0.516 e. The molecule has 0 bridgehead atoms. The van der Waals surface area contributed by atoms with Crippen molar-refractivity contribution in [3.63, 3.8) is 0 Å². The molecule has 4 aromatic rings. The summed E-state index contributed by atoms with van der Waals surface area (Å²) in [5, 5.41) is 3.39. The van der Waals surface area contributed by atoms with Gasteiger partial charge in [-0.2, -0.15) is 0 Å². The molecule has 0 spiro atoms. The van der Waals surface area contributed by atoms with E-state index in [0.29, 0.717) is 5.19 Å². The lowest BCUT2D eigenvalue weighted by molar-refractivity contribution is 0.218. The van der Waals surface area contributed by atoms with Gasteiger partial charge in [0, 0.05) is 5.19 Å². The van der Waals surface area contributed by atoms with E-state index >= 15 is 0 Å². The fourth-order valence-corrected chi connectivity index (χ4v) is 14.6. The van der Waals surface area contributed by atoms with Gasteiger partial charge in [-0.05, 0) is 15.6 Å². The van der Waals surface area contributed by atoms with Gasteiger partial charge in [-0.1, -0.05) is 121 Å². The SMILES string of the molecule is O[Si]1(c2ccccc2)O[Si](c2ccccc2)O[Si](c2ccccc2)O[Si](c2ccccc2)O1. The van der Waals surface area contributed by atoms with Crippen LogP contribution in [-0.4, -0.2) is 41.5 Å². The molecule has 1 N–H and O–H groups in total. The molecule has 4 aromatic carbocycles. The molecule has 1 fully saturated rings. The van der Waals surface area contributed by atoms with Crippen LogP contribution in [-0.2, 0) is 16.5 Å². The third-order valence-electron chi connectivity index (χ3n) is 5.00. The first-order valence-electron chi connectivity index (χ1n) is 10.5. The summed E-state index contributed by atoms with van der Waals surface area (Å²) in [5.74, 6) is 0. The van der Waals surface area contributed by atoms with Crippen LogP contribution in [0.1, 0.15) is 0 Å². The Morgan fingerprint density at radius 1 is 0.455 bits per heavy atom. The van der Waals surface area contributed by atoms with Gasteiger partial charge in [-0.25, -0.2) is 0 Å².